The van der Waals surface area contributed by atoms with Crippen LogP contribution in [0.4, 0.5) is 0 Å². The minimum absolute atomic E-state index is 0.177. The van der Waals surface area contributed by atoms with Gasteiger partial charge in [-0.2, -0.15) is 0 Å². The Hall–Kier alpha value is -3.15. The van der Waals surface area contributed by atoms with Crippen LogP contribution in [-0.4, -0.2) is 27.6 Å². The molecule has 4 fully saturated rings. The Balaban J connectivity index is 1.33. The van der Waals surface area contributed by atoms with Crippen molar-refractivity contribution in [3.05, 3.63) is 64.3 Å². The molecule has 0 saturated heterocycles. The van der Waals surface area contributed by atoms with Crippen LogP contribution in [0.25, 0.3) is 0 Å². The maximum atomic E-state index is 12.6. The zero-order chi connectivity index (χ0) is 20.0. The van der Waals surface area contributed by atoms with Gasteiger partial charge in [0.05, 0.1) is 11.1 Å². The van der Waals surface area contributed by atoms with Gasteiger partial charge >= 0.3 is 0 Å². The van der Waals surface area contributed by atoms with Gasteiger partial charge in [-0.25, -0.2) is 0 Å². The van der Waals surface area contributed by atoms with Crippen LogP contribution in [0.3, 0.4) is 0 Å². The van der Waals surface area contributed by atoms with Crippen molar-refractivity contribution in [2.45, 2.75) is 19.3 Å². The Morgan fingerprint density at radius 3 is 2.45 bits per heavy atom. The van der Waals surface area contributed by atoms with E-state index in [4.69, 9.17) is 4.74 Å². The van der Waals surface area contributed by atoms with E-state index in [0.717, 1.165) is 47.8 Å². The van der Waals surface area contributed by atoms with Crippen molar-refractivity contribution in [3.8, 4) is 5.75 Å². The molecule has 29 heavy (non-hydrogen) atoms. The molecule has 0 radical (unpaired) electrons. The number of hydrogen-bond acceptors (Lipinski definition) is 6. The smallest absolute Gasteiger partial charge is 0.269 e. The molecule has 146 valence electrons. The Morgan fingerprint density at radius 1 is 0.931 bits per heavy atom. The van der Waals surface area contributed by atoms with Crippen molar-refractivity contribution in [1.29, 1.82) is 0 Å². The van der Waals surface area contributed by atoms with Crippen molar-refractivity contribution < 1.29 is 29.3 Å². The van der Waals surface area contributed by atoms with E-state index in [1.807, 2.05) is 6.07 Å². The molecular formula is C23H18O6. The first-order valence-corrected chi connectivity index (χ1v) is 9.94. The molecule has 6 nitrogen and oxygen atoms in total. The summed E-state index contributed by atoms with van der Waals surface area (Å²) in [4.78, 5) is 37.3. The number of Topliss-reactive ketones (excluding diaryl/α,β-unsaturated/α-hetero) is 2. The van der Waals surface area contributed by atoms with Crippen LogP contribution in [0.1, 0.15) is 28.8 Å². The first kappa shape index (κ1) is 16.8. The minimum Gasteiger partial charge on any atom is -0.504 e. The van der Waals surface area contributed by atoms with Crippen molar-refractivity contribution in [2.24, 2.45) is 29.6 Å². The van der Waals surface area contributed by atoms with Crippen molar-refractivity contribution in [2.75, 3.05) is 0 Å². The first-order chi connectivity index (χ1) is 13.9. The maximum Gasteiger partial charge on any atom is 0.269 e. The van der Waals surface area contributed by atoms with E-state index in [9.17, 15) is 24.6 Å². The van der Waals surface area contributed by atoms with Crippen LogP contribution >= 0.6 is 0 Å². The van der Waals surface area contributed by atoms with Crippen molar-refractivity contribution in [3.63, 3.8) is 0 Å². The lowest BCUT2D eigenvalue weighted by molar-refractivity contribution is -0.115. The summed E-state index contributed by atoms with van der Waals surface area (Å²) in [6.45, 7) is 0. The monoisotopic (exact) mass is 390 g/mol. The summed E-state index contributed by atoms with van der Waals surface area (Å²) in [5.41, 5.74) is 0.984. The van der Waals surface area contributed by atoms with Gasteiger partial charge in [0.1, 0.15) is 5.75 Å². The molecule has 0 spiro atoms. The fourth-order valence-electron chi connectivity index (χ4n) is 5.65. The Kier molecular flexibility index (Phi) is 3.16. The molecule has 5 aliphatic carbocycles. The number of allylic oxidation sites excluding steroid dienone is 4. The van der Waals surface area contributed by atoms with Crippen LogP contribution in [0.5, 0.6) is 5.75 Å². The van der Waals surface area contributed by atoms with Gasteiger partial charge in [0.2, 0.25) is 5.78 Å². The minimum atomic E-state index is -0.941. The second-order valence-electron chi connectivity index (χ2n) is 8.69. The van der Waals surface area contributed by atoms with Crippen LogP contribution < -0.4 is 4.74 Å². The number of ether oxygens (including phenoxy) is 1. The Labute approximate surface area is 166 Å². The van der Waals surface area contributed by atoms with Gasteiger partial charge in [0.25, 0.3) is 5.78 Å². The molecule has 0 aromatic heterocycles. The quantitative estimate of drug-likeness (QED) is 0.595. The van der Waals surface area contributed by atoms with E-state index in [1.165, 1.54) is 12.8 Å². The van der Waals surface area contributed by atoms with E-state index in [1.54, 1.807) is 12.1 Å². The SMILES string of the molecule is O=C1C=C(O)C(O)=C/C1=C1/Oc2cc(CC3CCC4C5C3C45)ccc2C(=O)C1=O. The molecule has 1 aromatic rings. The summed E-state index contributed by atoms with van der Waals surface area (Å²) in [6.07, 6.45) is 5.22. The first-order valence-electron chi connectivity index (χ1n) is 9.94. The zero-order valence-corrected chi connectivity index (χ0v) is 15.4. The van der Waals surface area contributed by atoms with Gasteiger partial charge in [-0.15, -0.1) is 0 Å². The van der Waals surface area contributed by atoms with Gasteiger partial charge in [0.15, 0.2) is 23.1 Å². The number of ketones is 3. The average molecular weight is 390 g/mol. The predicted octanol–water partition coefficient (Wildman–Crippen LogP) is 3.00. The van der Waals surface area contributed by atoms with E-state index >= 15 is 0 Å². The zero-order valence-electron chi connectivity index (χ0n) is 15.4. The third-order valence-electron chi connectivity index (χ3n) is 7.19. The van der Waals surface area contributed by atoms with Crippen molar-refractivity contribution in [1.82, 2.24) is 0 Å². The topological polar surface area (TPSA) is 101 Å². The summed E-state index contributed by atoms with van der Waals surface area (Å²) >= 11 is 0. The van der Waals surface area contributed by atoms with Gasteiger partial charge < -0.3 is 14.9 Å². The molecule has 3 unspecified atom stereocenters. The lowest BCUT2D eigenvalue weighted by atomic mass is 9.76. The number of rotatable bonds is 2. The molecule has 1 aliphatic heterocycles. The third-order valence-corrected chi connectivity index (χ3v) is 7.19. The highest BCUT2D eigenvalue weighted by atomic mass is 16.5. The molecule has 6 aliphatic rings. The standard InChI is InChI=1S/C23H18O6/c24-14-8-16(26)15(25)7-13(14)23-22(28)21(27)11-3-1-9(6-17(11)29-23)5-10-2-4-12-19-18(10)20(12)19/h1,3,6-8,10,12,18-20,25-26H,2,4-5H2/b23-13-. The molecule has 4 saturated carbocycles. The number of carbonyl (C=O) groups excluding carboxylic acids is 3. The third kappa shape index (κ3) is 2.32. The highest BCUT2D eigenvalue weighted by molar-refractivity contribution is 6.51. The predicted molar refractivity (Wildman–Crippen MR) is 100 cm³/mol. The number of carbonyl (C=O) groups is 3. The highest BCUT2D eigenvalue weighted by Crippen LogP contribution is 2.80. The fourth-order valence-corrected chi connectivity index (χ4v) is 5.65. The molecule has 1 heterocycles. The number of aliphatic hydroxyl groups is 2. The lowest BCUT2D eigenvalue weighted by Crippen LogP contribution is -2.29. The fraction of sp³-hybridized carbons (Fsp3) is 0.348. The summed E-state index contributed by atoms with van der Waals surface area (Å²) in [5, 5.41) is 19.2. The van der Waals surface area contributed by atoms with Crippen LogP contribution in [-0.2, 0) is 16.0 Å². The lowest BCUT2D eigenvalue weighted by Gasteiger charge is -2.29. The van der Waals surface area contributed by atoms with Crippen molar-refractivity contribution >= 4 is 17.3 Å². The van der Waals surface area contributed by atoms with Gasteiger partial charge in [-0.05, 0) is 72.6 Å². The van der Waals surface area contributed by atoms with Gasteiger partial charge in [0, 0.05) is 6.08 Å². The molecule has 0 amide bonds. The molecule has 6 heteroatoms. The van der Waals surface area contributed by atoms with E-state index < -0.39 is 34.6 Å². The molecular weight excluding hydrogens is 372 g/mol. The van der Waals surface area contributed by atoms with Gasteiger partial charge in [-0.1, -0.05) is 6.07 Å². The molecule has 1 aromatic carbocycles. The molecule has 3 atom stereocenters. The van der Waals surface area contributed by atoms with Crippen LogP contribution in [0.15, 0.2) is 53.2 Å². The van der Waals surface area contributed by atoms with E-state index in [-0.39, 0.29) is 16.9 Å². The Bertz CT molecular complexity index is 1110. The Morgan fingerprint density at radius 2 is 1.69 bits per heavy atom. The number of aliphatic hydroxyl groups excluding tert-OH is 2. The summed E-state index contributed by atoms with van der Waals surface area (Å²) in [6, 6.07) is 5.28. The second-order valence-corrected chi connectivity index (χ2v) is 8.69. The van der Waals surface area contributed by atoms with E-state index in [0.29, 0.717) is 5.92 Å². The number of hydrogen-bond donors (Lipinski definition) is 2. The van der Waals surface area contributed by atoms with Crippen LogP contribution in [0.2, 0.25) is 0 Å². The average Bonchev–Trinajstić information content (AvgIpc) is 3.60. The summed E-state index contributed by atoms with van der Waals surface area (Å²) in [5.74, 6) is 0.726. The molecule has 2 bridgehead atoms. The molecule has 2 N–H and O–H groups in total. The maximum absolute atomic E-state index is 12.6. The summed E-state index contributed by atoms with van der Waals surface area (Å²) < 4.78 is 5.70. The second kappa shape index (κ2) is 5.47. The largest absolute Gasteiger partial charge is 0.504 e. The molecule has 7 rings (SSSR count). The number of benzene rings is 1. The van der Waals surface area contributed by atoms with Crippen LogP contribution in [0, 0.1) is 29.6 Å². The number of fused-ring (bicyclic) bond motifs is 3. The van der Waals surface area contributed by atoms with E-state index in [2.05, 4.69) is 0 Å². The summed E-state index contributed by atoms with van der Waals surface area (Å²) in [7, 11) is 0. The normalized spacial score (nSPS) is 36.6. The highest BCUT2D eigenvalue weighted by Gasteiger charge is 2.76. The van der Waals surface area contributed by atoms with Gasteiger partial charge in [-0.3, -0.25) is 14.4 Å².